The Balaban J connectivity index is 0.00000132. The van der Waals surface area contributed by atoms with Crippen LogP contribution in [0.3, 0.4) is 0 Å². The molecule has 31 heavy (non-hydrogen) atoms. The zero-order chi connectivity index (χ0) is 22.4. The fourth-order valence-electron chi connectivity index (χ4n) is 3.99. The molecule has 2 aliphatic heterocycles. The van der Waals surface area contributed by atoms with Crippen LogP contribution in [0.15, 0.2) is 54.8 Å². The van der Waals surface area contributed by atoms with E-state index in [1.165, 1.54) is 6.21 Å². The van der Waals surface area contributed by atoms with Gasteiger partial charge in [-0.3, -0.25) is 0 Å². The van der Waals surface area contributed by atoms with Gasteiger partial charge in [-0.05, 0) is 30.4 Å². The molecule has 1 aromatic carbocycles. The lowest BCUT2D eigenvalue weighted by Crippen LogP contribution is -2.71. The molecule has 8 nitrogen and oxygen atoms in total. The third-order valence-electron chi connectivity index (χ3n) is 5.49. The Labute approximate surface area is 183 Å². The molecule has 0 saturated carbocycles. The predicted octanol–water partition coefficient (Wildman–Crippen LogP) is 3.07. The first-order valence-electron chi connectivity index (χ1n) is 10.4. The number of hydrogen-bond donors (Lipinski definition) is 3. The van der Waals surface area contributed by atoms with Gasteiger partial charge >= 0.3 is 0 Å². The van der Waals surface area contributed by atoms with Crippen molar-refractivity contribution in [3.8, 4) is 17.0 Å². The SMILES string of the molecule is C=C/C(=C\C=N)N1CCN(c2cc(-c3ccccc3O)nnc2N)CC12COC2.CC. The van der Waals surface area contributed by atoms with Crippen LogP contribution in [-0.2, 0) is 4.74 Å². The van der Waals surface area contributed by atoms with E-state index < -0.39 is 0 Å². The maximum Gasteiger partial charge on any atom is 0.169 e. The highest BCUT2D eigenvalue weighted by atomic mass is 16.5. The summed E-state index contributed by atoms with van der Waals surface area (Å²) in [5.74, 6) is 0.505. The normalized spacial score (nSPS) is 17.4. The number of hydrogen-bond acceptors (Lipinski definition) is 8. The zero-order valence-electron chi connectivity index (χ0n) is 18.1. The number of piperazine rings is 1. The standard InChI is InChI=1S/C21H24N6O2.C2H6/c1-2-15(7-8-22)27-10-9-26(12-21(27)13-29-14-21)18-11-17(24-25-20(18)23)16-5-3-4-6-19(16)28;1-2/h2-8,11,22,28H,1,9-10,12-14H2,(H2,23,25);1-2H3/b15-7+,22-8?;. The Morgan fingerprint density at radius 3 is 2.61 bits per heavy atom. The summed E-state index contributed by atoms with van der Waals surface area (Å²) in [5, 5.41) is 25.9. The van der Waals surface area contributed by atoms with Gasteiger partial charge in [-0.1, -0.05) is 32.6 Å². The van der Waals surface area contributed by atoms with Crippen LogP contribution in [-0.4, -0.2) is 64.8 Å². The van der Waals surface area contributed by atoms with E-state index in [1.807, 2.05) is 26.0 Å². The first-order chi connectivity index (χ1) is 15.1. The summed E-state index contributed by atoms with van der Waals surface area (Å²) >= 11 is 0. The van der Waals surface area contributed by atoms with Crippen molar-refractivity contribution in [3.05, 3.63) is 54.8 Å². The summed E-state index contributed by atoms with van der Waals surface area (Å²) < 4.78 is 5.56. The number of aromatic hydroxyl groups is 1. The largest absolute Gasteiger partial charge is 0.507 e. The molecule has 3 heterocycles. The summed E-state index contributed by atoms with van der Waals surface area (Å²) in [5.41, 5.74) is 8.87. The summed E-state index contributed by atoms with van der Waals surface area (Å²) in [6.07, 6.45) is 4.81. The number of nitrogens with zero attached hydrogens (tertiary/aromatic N) is 4. The molecule has 4 N–H and O–H groups in total. The Morgan fingerprint density at radius 2 is 2.00 bits per heavy atom. The number of anilines is 2. The maximum atomic E-state index is 10.2. The fourth-order valence-corrected chi connectivity index (χ4v) is 3.99. The van der Waals surface area contributed by atoms with Gasteiger partial charge in [0.15, 0.2) is 5.82 Å². The second-order valence-corrected chi connectivity index (χ2v) is 7.27. The van der Waals surface area contributed by atoms with Gasteiger partial charge in [0.25, 0.3) is 0 Å². The molecule has 1 aromatic heterocycles. The lowest BCUT2D eigenvalue weighted by molar-refractivity contribution is -0.129. The molecular weight excluding hydrogens is 392 g/mol. The number of aromatic nitrogens is 2. The highest BCUT2D eigenvalue weighted by Crippen LogP contribution is 2.37. The van der Waals surface area contributed by atoms with Crippen LogP contribution in [0.1, 0.15) is 13.8 Å². The van der Waals surface area contributed by atoms with E-state index in [4.69, 9.17) is 15.9 Å². The molecule has 2 aliphatic rings. The molecule has 0 bridgehead atoms. The van der Waals surface area contributed by atoms with Gasteiger partial charge in [0.05, 0.1) is 24.6 Å². The van der Waals surface area contributed by atoms with E-state index in [1.54, 1.807) is 30.4 Å². The first-order valence-corrected chi connectivity index (χ1v) is 10.4. The highest BCUT2D eigenvalue weighted by molar-refractivity contribution is 5.74. The van der Waals surface area contributed by atoms with Crippen LogP contribution in [0.5, 0.6) is 5.75 Å². The molecule has 0 amide bonds. The van der Waals surface area contributed by atoms with Crippen LogP contribution in [0.4, 0.5) is 11.5 Å². The number of benzene rings is 1. The molecule has 0 aliphatic carbocycles. The van der Waals surface area contributed by atoms with Crippen molar-refractivity contribution in [2.75, 3.05) is 43.5 Å². The van der Waals surface area contributed by atoms with E-state index in [2.05, 4.69) is 26.6 Å². The number of ether oxygens (including phenoxy) is 1. The number of phenolic OH excluding ortho intramolecular Hbond substituents is 1. The summed E-state index contributed by atoms with van der Waals surface area (Å²) in [7, 11) is 0. The van der Waals surface area contributed by atoms with Crippen LogP contribution in [0, 0.1) is 5.41 Å². The topological polar surface area (TPSA) is 112 Å². The lowest BCUT2D eigenvalue weighted by Gasteiger charge is -2.56. The van der Waals surface area contributed by atoms with Crippen molar-refractivity contribution in [1.82, 2.24) is 15.1 Å². The average Bonchev–Trinajstić information content (AvgIpc) is 2.78. The van der Waals surface area contributed by atoms with Crippen molar-refractivity contribution in [2.24, 2.45) is 0 Å². The maximum absolute atomic E-state index is 10.2. The number of allylic oxidation sites excluding steroid dienone is 2. The quantitative estimate of drug-likeness (QED) is 0.501. The summed E-state index contributed by atoms with van der Waals surface area (Å²) in [6.45, 7) is 11.2. The second kappa shape index (κ2) is 9.61. The van der Waals surface area contributed by atoms with Crippen molar-refractivity contribution in [1.29, 1.82) is 5.41 Å². The predicted molar refractivity (Wildman–Crippen MR) is 124 cm³/mol. The minimum Gasteiger partial charge on any atom is -0.507 e. The first kappa shape index (κ1) is 22.3. The summed E-state index contributed by atoms with van der Waals surface area (Å²) in [6, 6.07) is 8.92. The zero-order valence-corrected chi connectivity index (χ0v) is 18.1. The Hall–Kier alpha value is -3.39. The van der Waals surface area contributed by atoms with Crippen molar-refractivity contribution in [2.45, 2.75) is 19.4 Å². The number of nitrogens with one attached hydrogen (secondary N) is 1. The van der Waals surface area contributed by atoms with E-state index in [-0.39, 0.29) is 11.3 Å². The molecule has 1 spiro atoms. The minimum atomic E-state index is -0.202. The van der Waals surface area contributed by atoms with E-state index >= 15 is 0 Å². The number of nitrogen functional groups attached to an aromatic ring is 1. The van der Waals surface area contributed by atoms with E-state index in [0.717, 1.165) is 24.5 Å². The molecule has 4 rings (SSSR count). The van der Waals surface area contributed by atoms with Crippen LogP contribution >= 0.6 is 0 Å². The monoisotopic (exact) mass is 422 g/mol. The molecule has 8 heteroatoms. The Morgan fingerprint density at radius 1 is 1.26 bits per heavy atom. The molecule has 0 atom stereocenters. The van der Waals surface area contributed by atoms with Crippen LogP contribution < -0.4 is 10.6 Å². The number of nitrogens with two attached hydrogens (primary N) is 1. The van der Waals surface area contributed by atoms with E-state index in [9.17, 15) is 5.11 Å². The molecular formula is C23H30N6O2. The van der Waals surface area contributed by atoms with E-state index in [0.29, 0.717) is 36.8 Å². The van der Waals surface area contributed by atoms with Crippen LogP contribution in [0.25, 0.3) is 11.3 Å². The molecule has 0 radical (unpaired) electrons. The van der Waals surface area contributed by atoms with Crippen molar-refractivity contribution < 1.29 is 9.84 Å². The average molecular weight is 423 g/mol. The second-order valence-electron chi connectivity index (χ2n) is 7.27. The Bertz CT molecular complexity index is 970. The van der Waals surface area contributed by atoms with Gasteiger partial charge in [0, 0.05) is 37.1 Å². The van der Waals surface area contributed by atoms with Gasteiger partial charge < -0.3 is 30.8 Å². The minimum absolute atomic E-state index is 0.151. The molecule has 2 saturated heterocycles. The third-order valence-corrected chi connectivity index (χ3v) is 5.49. The number of rotatable bonds is 5. The highest BCUT2D eigenvalue weighted by Gasteiger charge is 2.48. The molecule has 2 fully saturated rings. The lowest BCUT2D eigenvalue weighted by atomic mass is 9.90. The van der Waals surface area contributed by atoms with Crippen LogP contribution in [0.2, 0.25) is 0 Å². The van der Waals surface area contributed by atoms with Gasteiger partial charge in [0.2, 0.25) is 0 Å². The summed E-state index contributed by atoms with van der Waals surface area (Å²) in [4.78, 5) is 4.46. The number of phenols is 1. The molecule has 164 valence electrons. The number of para-hydroxylation sites is 1. The van der Waals surface area contributed by atoms with Gasteiger partial charge in [-0.25, -0.2) is 0 Å². The third kappa shape index (κ3) is 4.25. The van der Waals surface area contributed by atoms with Crippen molar-refractivity contribution >= 4 is 17.7 Å². The van der Waals surface area contributed by atoms with Crippen molar-refractivity contribution in [3.63, 3.8) is 0 Å². The fraction of sp³-hybridized carbons (Fsp3) is 0.348. The van der Waals surface area contributed by atoms with Gasteiger partial charge in [-0.2, -0.15) is 0 Å². The molecule has 0 unspecified atom stereocenters. The smallest absolute Gasteiger partial charge is 0.169 e. The van der Waals surface area contributed by atoms with Gasteiger partial charge in [-0.15, -0.1) is 10.2 Å². The van der Waals surface area contributed by atoms with Gasteiger partial charge in [0.1, 0.15) is 11.3 Å². The molecule has 2 aromatic rings. The Kier molecular flexibility index (Phi) is 6.91.